The highest BCUT2D eigenvalue weighted by Gasteiger charge is 2.23. The number of halogens is 1. The third-order valence-corrected chi connectivity index (χ3v) is 5.05. The first kappa shape index (κ1) is 19.2. The molecule has 1 aromatic carbocycles. The molecule has 3 aromatic heterocycles. The zero-order chi connectivity index (χ0) is 20.2. The molecule has 0 fully saturated rings. The zero-order valence-corrected chi connectivity index (χ0v) is 16.9. The van der Waals surface area contributed by atoms with Crippen LogP contribution in [0.4, 0.5) is 0 Å². The Bertz CT molecular complexity index is 1130. The van der Waals surface area contributed by atoms with Crippen molar-refractivity contribution in [2.24, 2.45) is 0 Å². The van der Waals surface area contributed by atoms with E-state index in [0.29, 0.717) is 41.6 Å². The molecule has 5 nitrogen and oxygen atoms in total. The average Bonchev–Trinajstić information content (AvgIpc) is 3.07. The number of hydrogen-bond donors (Lipinski definition) is 0. The fraction of sp³-hybridized carbons (Fsp3) is 0.174. The van der Waals surface area contributed by atoms with Gasteiger partial charge in [-0.2, -0.15) is 0 Å². The predicted molar refractivity (Wildman–Crippen MR) is 114 cm³/mol. The van der Waals surface area contributed by atoms with E-state index in [4.69, 9.17) is 11.6 Å². The van der Waals surface area contributed by atoms with Crippen LogP contribution in [-0.4, -0.2) is 31.7 Å². The van der Waals surface area contributed by atoms with Gasteiger partial charge in [0.15, 0.2) is 0 Å². The van der Waals surface area contributed by atoms with Crippen molar-refractivity contribution in [2.75, 3.05) is 6.54 Å². The first-order valence-electron chi connectivity index (χ1n) is 9.49. The number of pyridine rings is 2. The van der Waals surface area contributed by atoms with Crippen LogP contribution in [0.2, 0.25) is 5.02 Å². The van der Waals surface area contributed by atoms with Crippen molar-refractivity contribution in [1.29, 1.82) is 0 Å². The number of imidazole rings is 1. The topological polar surface area (TPSA) is 50.5 Å². The van der Waals surface area contributed by atoms with Gasteiger partial charge in [0.1, 0.15) is 11.3 Å². The minimum atomic E-state index is -0.0722. The van der Waals surface area contributed by atoms with Crippen molar-refractivity contribution in [3.8, 4) is 0 Å². The highest BCUT2D eigenvalue weighted by molar-refractivity contribution is 6.30. The SMILES string of the molecule is Cc1nc2ccc(Cl)cn2c1C(=O)N(CCc1ccccn1)Cc1ccccc1. The summed E-state index contributed by atoms with van der Waals surface area (Å²) >= 11 is 6.17. The van der Waals surface area contributed by atoms with Gasteiger partial charge in [-0.25, -0.2) is 4.98 Å². The van der Waals surface area contributed by atoms with Crippen LogP contribution in [0.3, 0.4) is 0 Å². The van der Waals surface area contributed by atoms with E-state index in [9.17, 15) is 4.79 Å². The van der Waals surface area contributed by atoms with Crippen LogP contribution in [0, 0.1) is 6.92 Å². The quantitative estimate of drug-likeness (QED) is 0.472. The summed E-state index contributed by atoms with van der Waals surface area (Å²) in [4.78, 5) is 24.3. The van der Waals surface area contributed by atoms with Gasteiger partial charge in [0, 0.05) is 37.6 Å². The van der Waals surface area contributed by atoms with Gasteiger partial charge in [-0.3, -0.25) is 14.2 Å². The lowest BCUT2D eigenvalue weighted by Gasteiger charge is -2.23. The summed E-state index contributed by atoms with van der Waals surface area (Å²) < 4.78 is 1.78. The smallest absolute Gasteiger partial charge is 0.273 e. The Morgan fingerprint density at radius 3 is 2.62 bits per heavy atom. The molecular weight excluding hydrogens is 384 g/mol. The number of fused-ring (bicyclic) bond motifs is 1. The number of amides is 1. The van der Waals surface area contributed by atoms with Crippen molar-refractivity contribution in [1.82, 2.24) is 19.3 Å². The zero-order valence-electron chi connectivity index (χ0n) is 16.1. The maximum atomic E-state index is 13.6. The van der Waals surface area contributed by atoms with E-state index in [2.05, 4.69) is 9.97 Å². The Morgan fingerprint density at radius 1 is 1.07 bits per heavy atom. The number of aryl methyl sites for hydroxylation is 1. The molecule has 0 N–H and O–H groups in total. The molecule has 0 radical (unpaired) electrons. The second-order valence-electron chi connectivity index (χ2n) is 6.90. The number of carbonyl (C=O) groups is 1. The van der Waals surface area contributed by atoms with Crippen molar-refractivity contribution in [3.05, 3.63) is 101 Å². The lowest BCUT2D eigenvalue weighted by atomic mass is 10.1. The number of hydrogen-bond acceptors (Lipinski definition) is 3. The molecule has 0 saturated carbocycles. The normalized spacial score (nSPS) is 11.0. The van der Waals surface area contributed by atoms with Gasteiger partial charge in [-0.05, 0) is 36.8 Å². The highest BCUT2D eigenvalue weighted by Crippen LogP contribution is 2.19. The summed E-state index contributed by atoms with van der Waals surface area (Å²) in [5, 5.41) is 0.562. The molecule has 4 aromatic rings. The highest BCUT2D eigenvalue weighted by atomic mass is 35.5. The molecule has 0 saturated heterocycles. The van der Waals surface area contributed by atoms with Crippen molar-refractivity contribution < 1.29 is 4.79 Å². The summed E-state index contributed by atoms with van der Waals surface area (Å²) in [7, 11) is 0. The summed E-state index contributed by atoms with van der Waals surface area (Å²) in [6.07, 6.45) is 4.19. The van der Waals surface area contributed by atoms with Gasteiger partial charge in [-0.15, -0.1) is 0 Å². The van der Waals surface area contributed by atoms with Crippen LogP contribution >= 0.6 is 11.6 Å². The second-order valence-corrected chi connectivity index (χ2v) is 7.34. The van der Waals surface area contributed by atoms with E-state index in [1.165, 1.54) is 0 Å². The minimum absolute atomic E-state index is 0.0722. The number of aromatic nitrogens is 3. The van der Waals surface area contributed by atoms with Gasteiger partial charge in [0.25, 0.3) is 5.91 Å². The monoisotopic (exact) mass is 404 g/mol. The molecule has 0 unspecified atom stereocenters. The molecule has 6 heteroatoms. The van der Waals surface area contributed by atoms with Crippen LogP contribution < -0.4 is 0 Å². The van der Waals surface area contributed by atoms with Crippen LogP contribution in [0.1, 0.15) is 27.4 Å². The maximum Gasteiger partial charge on any atom is 0.273 e. The molecule has 0 aliphatic heterocycles. The van der Waals surface area contributed by atoms with E-state index in [1.54, 1.807) is 22.9 Å². The molecule has 0 spiro atoms. The van der Waals surface area contributed by atoms with E-state index < -0.39 is 0 Å². The molecule has 4 rings (SSSR count). The lowest BCUT2D eigenvalue weighted by Crippen LogP contribution is -2.34. The largest absolute Gasteiger partial charge is 0.333 e. The summed E-state index contributed by atoms with van der Waals surface area (Å²) in [5.74, 6) is -0.0722. The Kier molecular flexibility index (Phi) is 5.58. The summed E-state index contributed by atoms with van der Waals surface area (Å²) in [6.45, 7) is 2.92. The molecule has 0 aliphatic rings. The van der Waals surface area contributed by atoms with Gasteiger partial charge in [-0.1, -0.05) is 48.0 Å². The molecule has 29 heavy (non-hydrogen) atoms. The Labute approximate surface area is 174 Å². The molecule has 146 valence electrons. The molecule has 0 atom stereocenters. The molecule has 0 aliphatic carbocycles. The minimum Gasteiger partial charge on any atom is -0.333 e. The van der Waals surface area contributed by atoms with Crippen molar-refractivity contribution in [2.45, 2.75) is 19.9 Å². The van der Waals surface area contributed by atoms with Crippen LogP contribution in [0.15, 0.2) is 73.1 Å². The van der Waals surface area contributed by atoms with Crippen molar-refractivity contribution in [3.63, 3.8) is 0 Å². The van der Waals surface area contributed by atoms with E-state index in [1.807, 2.05) is 66.4 Å². The Morgan fingerprint density at radius 2 is 1.86 bits per heavy atom. The van der Waals surface area contributed by atoms with Gasteiger partial charge < -0.3 is 4.90 Å². The fourth-order valence-corrected chi connectivity index (χ4v) is 3.56. The third kappa shape index (κ3) is 4.30. The van der Waals surface area contributed by atoms with Gasteiger partial charge in [0.05, 0.1) is 10.7 Å². The van der Waals surface area contributed by atoms with Crippen LogP contribution in [-0.2, 0) is 13.0 Å². The third-order valence-electron chi connectivity index (χ3n) is 4.83. The Hall–Kier alpha value is -3.18. The molecule has 3 heterocycles. The van der Waals surface area contributed by atoms with E-state index in [-0.39, 0.29) is 5.91 Å². The fourth-order valence-electron chi connectivity index (χ4n) is 3.40. The number of rotatable bonds is 6. The molecule has 1 amide bonds. The first-order valence-corrected chi connectivity index (χ1v) is 9.87. The standard InChI is InChI=1S/C23H21ClN4O/c1-17-22(28-16-19(24)10-11-21(28)26-17)23(29)27(15-18-7-3-2-4-8-18)14-12-20-9-5-6-13-25-20/h2-11,13,16H,12,14-15H2,1H3. The summed E-state index contributed by atoms with van der Waals surface area (Å²) in [5.41, 5.74) is 3.97. The average molecular weight is 405 g/mol. The van der Waals surface area contributed by atoms with E-state index in [0.717, 1.165) is 11.3 Å². The number of benzene rings is 1. The Balaban J connectivity index is 1.67. The van der Waals surface area contributed by atoms with Crippen LogP contribution in [0.5, 0.6) is 0 Å². The van der Waals surface area contributed by atoms with Gasteiger partial charge >= 0.3 is 0 Å². The summed E-state index contributed by atoms with van der Waals surface area (Å²) in [6, 6.07) is 19.4. The number of nitrogens with zero attached hydrogens (tertiary/aromatic N) is 4. The molecular formula is C23H21ClN4O. The van der Waals surface area contributed by atoms with E-state index >= 15 is 0 Å². The maximum absolute atomic E-state index is 13.6. The first-order chi connectivity index (χ1) is 14.1. The van der Waals surface area contributed by atoms with Crippen LogP contribution in [0.25, 0.3) is 5.65 Å². The molecule has 0 bridgehead atoms. The van der Waals surface area contributed by atoms with Gasteiger partial charge in [0.2, 0.25) is 0 Å². The van der Waals surface area contributed by atoms with Crippen molar-refractivity contribution >= 4 is 23.2 Å². The predicted octanol–water partition coefficient (Wildman–Crippen LogP) is 4.58. The lowest BCUT2D eigenvalue weighted by molar-refractivity contribution is 0.0737. The second kappa shape index (κ2) is 8.45. The number of carbonyl (C=O) groups excluding carboxylic acids is 1.